The highest BCUT2D eigenvalue weighted by Gasteiger charge is 2.23. The topological polar surface area (TPSA) is 81.7 Å². The Morgan fingerprint density at radius 3 is 2.38 bits per heavy atom. The van der Waals surface area contributed by atoms with Crippen LogP contribution >= 0.6 is 15.9 Å². The van der Waals surface area contributed by atoms with Gasteiger partial charge < -0.3 is 14.8 Å². The van der Waals surface area contributed by atoms with Crippen LogP contribution in [0.4, 0.5) is 10.1 Å². The maximum absolute atomic E-state index is 14.3. The van der Waals surface area contributed by atoms with Gasteiger partial charge in [-0.1, -0.05) is 13.8 Å². The lowest BCUT2D eigenvalue weighted by atomic mass is 10.1. The fraction of sp³-hybridized carbons (Fsp3) is 0.438. The third-order valence-electron chi connectivity index (χ3n) is 2.67. The van der Waals surface area contributed by atoms with E-state index < -0.39 is 30.1 Å². The van der Waals surface area contributed by atoms with Crippen molar-refractivity contribution in [1.82, 2.24) is 0 Å². The van der Waals surface area contributed by atoms with E-state index in [4.69, 9.17) is 0 Å². The Morgan fingerprint density at radius 1 is 1.29 bits per heavy atom. The third kappa shape index (κ3) is 5.92. The first-order valence-corrected chi connectivity index (χ1v) is 8.13. The van der Waals surface area contributed by atoms with Crippen molar-refractivity contribution in [2.45, 2.75) is 34.1 Å². The molecule has 1 aromatic rings. The van der Waals surface area contributed by atoms with Crippen molar-refractivity contribution >= 4 is 39.5 Å². The summed E-state index contributed by atoms with van der Waals surface area (Å²) in [4.78, 5) is 34.7. The molecule has 1 amide bonds. The van der Waals surface area contributed by atoms with Crippen molar-refractivity contribution in [2.24, 2.45) is 0 Å². The van der Waals surface area contributed by atoms with Crippen molar-refractivity contribution in [2.75, 3.05) is 19.0 Å². The molecule has 0 aliphatic heterocycles. The number of ether oxygens (including phenoxy) is 2. The molecule has 1 rings (SSSR count). The molecule has 0 fully saturated rings. The molecule has 0 unspecified atom stereocenters. The number of carbonyl (C=O) groups excluding carboxylic acids is 3. The van der Waals surface area contributed by atoms with E-state index in [2.05, 4.69) is 30.7 Å². The van der Waals surface area contributed by atoms with Crippen LogP contribution in [0.2, 0.25) is 0 Å². The third-order valence-corrected chi connectivity index (χ3v) is 3.64. The number of carbonyl (C=O) groups is 3. The number of methoxy groups -OCH3 is 1. The number of amides is 1. The van der Waals surface area contributed by atoms with Gasteiger partial charge in [0.2, 0.25) is 5.91 Å². The second-order valence-corrected chi connectivity index (χ2v) is 5.06. The monoisotopic (exact) mass is 405 g/mol. The Morgan fingerprint density at radius 2 is 1.88 bits per heavy atom. The van der Waals surface area contributed by atoms with Crippen LogP contribution in [0.3, 0.4) is 0 Å². The SMILES string of the molecule is CC.CCOC(=O)CC(=O)Nc1c(C(=O)OC)cc(C)c(Br)c1F. The molecule has 1 N–H and O–H groups in total. The first-order chi connectivity index (χ1) is 11.3. The Labute approximate surface area is 148 Å². The average Bonchev–Trinajstić information content (AvgIpc) is 2.56. The first kappa shape index (κ1) is 22.0. The molecule has 0 bridgehead atoms. The van der Waals surface area contributed by atoms with Crippen molar-refractivity contribution in [1.29, 1.82) is 0 Å². The van der Waals surface area contributed by atoms with Gasteiger partial charge in [0, 0.05) is 0 Å². The maximum Gasteiger partial charge on any atom is 0.340 e. The smallest absolute Gasteiger partial charge is 0.340 e. The van der Waals surface area contributed by atoms with Crippen LogP contribution in [0.5, 0.6) is 0 Å². The van der Waals surface area contributed by atoms with Crippen molar-refractivity contribution in [3.05, 3.63) is 27.5 Å². The number of anilines is 1. The molecule has 0 saturated heterocycles. The minimum absolute atomic E-state index is 0.103. The van der Waals surface area contributed by atoms with Crippen LogP contribution in [0.15, 0.2) is 10.5 Å². The highest BCUT2D eigenvalue weighted by atomic mass is 79.9. The molecular weight excluding hydrogens is 385 g/mol. The van der Waals surface area contributed by atoms with E-state index in [1.54, 1.807) is 13.8 Å². The van der Waals surface area contributed by atoms with Crippen LogP contribution in [-0.2, 0) is 19.1 Å². The predicted molar refractivity (Wildman–Crippen MR) is 91.4 cm³/mol. The van der Waals surface area contributed by atoms with Crippen LogP contribution in [0.25, 0.3) is 0 Å². The molecular formula is C16H21BrFNO5. The van der Waals surface area contributed by atoms with Gasteiger partial charge in [0.1, 0.15) is 6.42 Å². The van der Waals surface area contributed by atoms with Gasteiger partial charge in [-0.15, -0.1) is 0 Å². The number of halogens is 2. The largest absolute Gasteiger partial charge is 0.466 e. The summed E-state index contributed by atoms with van der Waals surface area (Å²) < 4.78 is 23.6. The van der Waals surface area contributed by atoms with Gasteiger partial charge in [0.05, 0.1) is 29.4 Å². The van der Waals surface area contributed by atoms with Crippen LogP contribution in [0, 0.1) is 12.7 Å². The quantitative estimate of drug-likeness (QED) is 0.597. The summed E-state index contributed by atoms with van der Waals surface area (Å²) in [6, 6.07) is 1.37. The predicted octanol–water partition coefficient (Wildman–Crippen LogP) is 3.60. The van der Waals surface area contributed by atoms with E-state index in [0.717, 1.165) is 7.11 Å². The standard InChI is InChI=1S/C14H15BrFNO5.C2H6/c1-4-22-10(19)6-9(18)17-13-8(14(20)21-3)5-7(2)11(15)12(13)16;1-2/h5H,4,6H2,1-3H3,(H,17,18);1-2H3. The Hall–Kier alpha value is -1.96. The van der Waals surface area contributed by atoms with E-state index in [1.807, 2.05) is 13.8 Å². The summed E-state index contributed by atoms with van der Waals surface area (Å²) >= 11 is 3.03. The van der Waals surface area contributed by atoms with E-state index in [9.17, 15) is 18.8 Å². The number of benzene rings is 1. The number of nitrogens with one attached hydrogen (secondary N) is 1. The summed E-state index contributed by atoms with van der Waals surface area (Å²) in [5, 5.41) is 2.21. The van der Waals surface area contributed by atoms with Crippen LogP contribution < -0.4 is 5.32 Å². The molecule has 134 valence electrons. The maximum atomic E-state index is 14.3. The number of rotatable bonds is 5. The van der Waals surface area contributed by atoms with Gasteiger partial charge in [-0.3, -0.25) is 9.59 Å². The Balaban J connectivity index is 0.00000254. The molecule has 1 aromatic carbocycles. The lowest BCUT2D eigenvalue weighted by Crippen LogP contribution is -2.21. The van der Waals surface area contributed by atoms with E-state index >= 15 is 0 Å². The Bertz CT molecular complexity index is 619. The minimum atomic E-state index is -0.822. The van der Waals surface area contributed by atoms with E-state index in [1.165, 1.54) is 6.07 Å². The van der Waals surface area contributed by atoms with Crippen molar-refractivity contribution < 1.29 is 28.2 Å². The van der Waals surface area contributed by atoms with Gasteiger partial charge in [0.15, 0.2) is 5.82 Å². The summed E-state index contributed by atoms with van der Waals surface area (Å²) in [6.45, 7) is 7.32. The Kier molecular flexibility index (Phi) is 9.87. The fourth-order valence-corrected chi connectivity index (χ4v) is 1.99. The zero-order chi connectivity index (χ0) is 18.9. The summed E-state index contributed by atoms with van der Waals surface area (Å²) in [7, 11) is 1.14. The van der Waals surface area contributed by atoms with Crippen molar-refractivity contribution in [3.8, 4) is 0 Å². The lowest BCUT2D eigenvalue weighted by Gasteiger charge is -2.13. The first-order valence-electron chi connectivity index (χ1n) is 7.34. The number of hydrogen-bond donors (Lipinski definition) is 1. The molecule has 0 radical (unpaired) electrons. The van der Waals surface area contributed by atoms with Gasteiger partial charge >= 0.3 is 11.9 Å². The molecule has 0 aromatic heterocycles. The lowest BCUT2D eigenvalue weighted by molar-refractivity contribution is -0.145. The summed E-state index contributed by atoms with van der Waals surface area (Å²) in [6.07, 6.45) is -0.584. The van der Waals surface area contributed by atoms with E-state index in [-0.39, 0.29) is 22.3 Å². The van der Waals surface area contributed by atoms with Gasteiger partial charge in [-0.05, 0) is 41.4 Å². The average molecular weight is 406 g/mol. The zero-order valence-electron chi connectivity index (χ0n) is 14.3. The van der Waals surface area contributed by atoms with Gasteiger partial charge in [-0.2, -0.15) is 0 Å². The summed E-state index contributed by atoms with van der Waals surface area (Å²) in [5.41, 5.74) is -0.0298. The molecule has 6 nitrogen and oxygen atoms in total. The molecule has 0 spiro atoms. The number of esters is 2. The molecule has 0 aliphatic rings. The molecule has 24 heavy (non-hydrogen) atoms. The molecule has 0 saturated carbocycles. The van der Waals surface area contributed by atoms with Gasteiger partial charge in [-0.25, -0.2) is 9.18 Å². The second kappa shape index (κ2) is 10.7. The molecule has 0 heterocycles. The number of hydrogen-bond acceptors (Lipinski definition) is 5. The van der Waals surface area contributed by atoms with E-state index in [0.29, 0.717) is 5.56 Å². The van der Waals surface area contributed by atoms with Gasteiger partial charge in [0.25, 0.3) is 0 Å². The molecule has 0 atom stereocenters. The second-order valence-electron chi connectivity index (χ2n) is 4.27. The highest BCUT2D eigenvalue weighted by molar-refractivity contribution is 9.10. The highest BCUT2D eigenvalue weighted by Crippen LogP contribution is 2.31. The summed E-state index contributed by atoms with van der Waals surface area (Å²) in [5.74, 6) is -3.16. The van der Waals surface area contributed by atoms with Crippen LogP contribution in [-0.4, -0.2) is 31.6 Å². The molecule has 8 heteroatoms. The number of aryl methyl sites for hydroxylation is 1. The normalized spacial score (nSPS) is 9.46. The fourth-order valence-electron chi connectivity index (χ4n) is 1.67. The minimum Gasteiger partial charge on any atom is -0.466 e. The van der Waals surface area contributed by atoms with Crippen LogP contribution in [0.1, 0.15) is 43.1 Å². The molecule has 0 aliphatic carbocycles. The zero-order valence-corrected chi connectivity index (χ0v) is 15.9. The van der Waals surface area contributed by atoms with Crippen molar-refractivity contribution in [3.63, 3.8) is 0 Å².